The molecule has 2 fully saturated rings. The lowest BCUT2D eigenvalue weighted by Gasteiger charge is -2.55. The second-order valence-corrected chi connectivity index (χ2v) is 10.2. The zero-order chi connectivity index (χ0) is 23.2. The van der Waals surface area contributed by atoms with E-state index in [2.05, 4.69) is 78.0 Å². The van der Waals surface area contributed by atoms with Crippen molar-refractivity contribution in [3.05, 3.63) is 71.4 Å². The molecule has 2 aromatic carbocycles. The Hall–Kier alpha value is -2.47. The predicted octanol–water partition coefficient (Wildman–Crippen LogP) is 4.88. The molecule has 3 aliphatic rings. The van der Waals surface area contributed by atoms with Crippen LogP contribution in [0.3, 0.4) is 0 Å². The zero-order valence-electron chi connectivity index (χ0n) is 20.1. The number of rotatable bonds is 6. The molecule has 3 aromatic rings. The number of hydrogen-bond acceptors (Lipinski definition) is 4. The molecule has 3 aliphatic heterocycles. The van der Waals surface area contributed by atoms with E-state index >= 15 is 0 Å². The number of aromatic nitrogens is 1. The minimum absolute atomic E-state index is 0.0258. The molecule has 5 heteroatoms. The second-order valence-electron chi connectivity index (χ2n) is 10.2. The van der Waals surface area contributed by atoms with Crippen LogP contribution in [-0.4, -0.2) is 41.3 Å². The van der Waals surface area contributed by atoms with Crippen molar-refractivity contribution >= 4 is 17.2 Å². The van der Waals surface area contributed by atoms with Crippen LogP contribution in [0.4, 0.5) is 0 Å². The van der Waals surface area contributed by atoms with Gasteiger partial charge in [-0.2, -0.15) is 0 Å². The molecule has 2 bridgehead atoms. The number of aryl methyl sites for hydroxylation is 1. The summed E-state index contributed by atoms with van der Waals surface area (Å²) < 4.78 is 14.7. The summed E-state index contributed by atoms with van der Waals surface area (Å²) in [7, 11) is 2.21. The van der Waals surface area contributed by atoms with Gasteiger partial charge in [-0.25, -0.2) is 0 Å². The minimum atomic E-state index is -0.236. The first-order valence-electron chi connectivity index (χ1n) is 12.8. The largest absolute Gasteiger partial charge is 0.350 e. The summed E-state index contributed by atoms with van der Waals surface area (Å²) in [4.78, 5) is 14.9. The SMILES string of the molecule is CCC(C=O)[C@@H]1C[C@H]2c3c(c4ccccc4n3C)C[C@@H]([C@H]1C1OCCO1)N2Cc1ccccc1. The number of hydrogen-bond donors (Lipinski definition) is 0. The van der Waals surface area contributed by atoms with Crippen molar-refractivity contribution in [1.29, 1.82) is 0 Å². The number of para-hydroxylation sites is 1. The Morgan fingerprint density at radius 1 is 1.06 bits per heavy atom. The van der Waals surface area contributed by atoms with Gasteiger partial charge in [0.05, 0.1) is 19.3 Å². The quantitative estimate of drug-likeness (QED) is 0.494. The molecule has 0 aliphatic carbocycles. The highest BCUT2D eigenvalue weighted by molar-refractivity contribution is 5.86. The number of piperidine rings is 1. The fourth-order valence-corrected chi connectivity index (χ4v) is 7.11. The normalized spacial score (nSPS) is 28.2. The predicted molar refractivity (Wildman–Crippen MR) is 132 cm³/mol. The van der Waals surface area contributed by atoms with Crippen LogP contribution >= 0.6 is 0 Å². The van der Waals surface area contributed by atoms with Crippen molar-refractivity contribution in [2.24, 2.45) is 24.8 Å². The Kier molecular flexibility index (Phi) is 5.80. The first kappa shape index (κ1) is 22.0. The van der Waals surface area contributed by atoms with Gasteiger partial charge in [0.25, 0.3) is 0 Å². The fraction of sp³-hybridized carbons (Fsp3) is 0.483. The molecule has 34 heavy (non-hydrogen) atoms. The zero-order valence-corrected chi connectivity index (χ0v) is 20.1. The van der Waals surface area contributed by atoms with Crippen molar-refractivity contribution in [3.8, 4) is 0 Å². The van der Waals surface area contributed by atoms with Gasteiger partial charge < -0.3 is 18.8 Å². The molecule has 178 valence electrons. The van der Waals surface area contributed by atoms with Crippen LogP contribution in [0.1, 0.15) is 42.6 Å². The average molecular weight is 459 g/mol. The summed E-state index contributed by atoms with van der Waals surface area (Å²) in [5.41, 5.74) is 5.51. The lowest BCUT2D eigenvalue weighted by molar-refractivity contribution is -0.165. The van der Waals surface area contributed by atoms with Crippen molar-refractivity contribution in [1.82, 2.24) is 9.47 Å². The molecule has 1 aromatic heterocycles. The van der Waals surface area contributed by atoms with Gasteiger partial charge in [0.1, 0.15) is 6.29 Å². The Labute approximate surface area is 201 Å². The van der Waals surface area contributed by atoms with Gasteiger partial charge in [-0.1, -0.05) is 55.5 Å². The highest BCUT2D eigenvalue weighted by atomic mass is 16.7. The highest BCUT2D eigenvalue weighted by Gasteiger charge is 2.53. The second kappa shape index (κ2) is 8.95. The number of fused-ring (bicyclic) bond motifs is 6. The van der Waals surface area contributed by atoms with Crippen LogP contribution in [0.15, 0.2) is 54.6 Å². The molecule has 0 amide bonds. The van der Waals surface area contributed by atoms with Crippen molar-refractivity contribution in [2.45, 2.75) is 51.1 Å². The lowest BCUT2D eigenvalue weighted by atomic mass is 9.65. The molecule has 0 N–H and O–H groups in total. The van der Waals surface area contributed by atoms with E-state index in [1.165, 1.54) is 34.0 Å². The first-order valence-corrected chi connectivity index (χ1v) is 12.8. The third-order valence-electron chi connectivity index (χ3n) is 8.62. The van der Waals surface area contributed by atoms with Gasteiger partial charge in [-0.15, -0.1) is 0 Å². The van der Waals surface area contributed by atoms with Crippen molar-refractivity contribution < 1.29 is 14.3 Å². The van der Waals surface area contributed by atoms with E-state index in [0.29, 0.717) is 13.2 Å². The highest BCUT2D eigenvalue weighted by Crippen LogP contribution is 2.53. The van der Waals surface area contributed by atoms with Crippen LogP contribution < -0.4 is 0 Å². The number of aldehydes is 1. The standard InChI is InChI=1S/C29H34N2O3/c1-3-20(18-32)22-15-26-28-23(21-11-7-8-12-24(21)30(28)2)16-25(27(22)29-33-13-14-34-29)31(26)17-19-9-5-4-6-10-19/h4-12,18,20,22,25-27,29H,3,13-17H2,1-2H3/t20?,22-,25-,26-,27-/m0/s1. The molecule has 4 heterocycles. The van der Waals surface area contributed by atoms with Crippen LogP contribution in [0, 0.1) is 17.8 Å². The van der Waals surface area contributed by atoms with Gasteiger partial charge >= 0.3 is 0 Å². The van der Waals surface area contributed by atoms with Gasteiger partial charge in [-0.05, 0) is 42.4 Å². The molecule has 0 spiro atoms. The van der Waals surface area contributed by atoms with E-state index < -0.39 is 0 Å². The number of benzene rings is 2. The molecule has 5 nitrogen and oxygen atoms in total. The molecule has 6 rings (SSSR count). The maximum absolute atomic E-state index is 12.2. The summed E-state index contributed by atoms with van der Waals surface area (Å²) in [5.74, 6) is 0.446. The third-order valence-corrected chi connectivity index (χ3v) is 8.62. The number of ether oxygens (including phenoxy) is 2. The lowest BCUT2D eigenvalue weighted by Crippen LogP contribution is -2.58. The Bertz CT molecular complexity index is 1170. The van der Waals surface area contributed by atoms with Gasteiger partial charge in [0.2, 0.25) is 0 Å². The summed E-state index contributed by atoms with van der Waals surface area (Å²) in [6, 6.07) is 20.1. The van der Waals surface area contributed by atoms with Crippen LogP contribution in [0.25, 0.3) is 10.9 Å². The number of nitrogens with zero attached hydrogens (tertiary/aromatic N) is 2. The van der Waals surface area contributed by atoms with Gasteiger partial charge in [0, 0.05) is 48.1 Å². The Morgan fingerprint density at radius 2 is 1.79 bits per heavy atom. The third kappa shape index (κ3) is 3.44. The van der Waals surface area contributed by atoms with E-state index in [0.717, 1.165) is 25.8 Å². The molecular formula is C29H34N2O3. The minimum Gasteiger partial charge on any atom is -0.350 e. The fourth-order valence-electron chi connectivity index (χ4n) is 7.11. The first-order chi connectivity index (χ1) is 16.7. The van der Waals surface area contributed by atoms with Gasteiger partial charge in [-0.3, -0.25) is 4.90 Å². The molecule has 1 unspecified atom stereocenters. The molecule has 0 saturated carbocycles. The van der Waals surface area contributed by atoms with E-state index in [9.17, 15) is 4.79 Å². The topological polar surface area (TPSA) is 43.7 Å². The maximum atomic E-state index is 12.2. The summed E-state index contributed by atoms with van der Waals surface area (Å²) in [6.07, 6.45) is 3.72. The number of carbonyl (C=O) groups excluding carboxylic acids is 1. The van der Waals surface area contributed by atoms with Gasteiger partial charge in [0.15, 0.2) is 6.29 Å². The molecule has 0 radical (unpaired) electrons. The maximum Gasteiger partial charge on any atom is 0.162 e. The van der Waals surface area contributed by atoms with E-state index in [1.54, 1.807) is 0 Å². The van der Waals surface area contributed by atoms with E-state index in [-0.39, 0.29) is 36.1 Å². The summed E-state index contributed by atoms with van der Waals surface area (Å²) in [5, 5.41) is 1.36. The van der Waals surface area contributed by atoms with Crippen LogP contribution in [0.5, 0.6) is 0 Å². The summed E-state index contributed by atoms with van der Waals surface area (Å²) in [6.45, 7) is 4.31. The van der Waals surface area contributed by atoms with Crippen LogP contribution in [-0.2, 0) is 34.3 Å². The molecule has 5 atom stereocenters. The van der Waals surface area contributed by atoms with E-state index in [1.807, 2.05) is 0 Å². The van der Waals surface area contributed by atoms with Crippen molar-refractivity contribution in [2.75, 3.05) is 13.2 Å². The number of carbonyl (C=O) groups is 1. The van der Waals surface area contributed by atoms with Crippen molar-refractivity contribution in [3.63, 3.8) is 0 Å². The molecular weight excluding hydrogens is 424 g/mol. The monoisotopic (exact) mass is 458 g/mol. The smallest absolute Gasteiger partial charge is 0.162 e. The molecule has 2 saturated heterocycles. The summed E-state index contributed by atoms with van der Waals surface area (Å²) >= 11 is 0. The Morgan fingerprint density at radius 3 is 2.53 bits per heavy atom. The van der Waals surface area contributed by atoms with E-state index in [4.69, 9.17) is 9.47 Å². The Balaban J connectivity index is 1.51. The average Bonchev–Trinajstić information content (AvgIpc) is 3.49. The van der Waals surface area contributed by atoms with Crippen LogP contribution in [0.2, 0.25) is 0 Å².